The maximum atomic E-state index is 12.9. The van der Waals surface area contributed by atoms with Gasteiger partial charge in [-0.2, -0.15) is 13.6 Å². The second kappa shape index (κ2) is 12.1. The quantitative estimate of drug-likeness (QED) is 0.109. The summed E-state index contributed by atoms with van der Waals surface area (Å²) in [6.45, 7) is 1.22. The maximum Gasteiger partial charge on any atom is 0.490 e. The number of nitrogens with two attached hydrogens (primary N) is 1. The smallest absolute Gasteiger partial charge is 0.369 e. The van der Waals surface area contributed by atoms with Gasteiger partial charge < -0.3 is 49.8 Å². The fourth-order valence-corrected chi connectivity index (χ4v) is 8.38. The van der Waals surface area contributed by atoms with Crippen LogP contribution in [0.4, 0.5) is 5.95 Å². The number of nitrogens with zero attached hydrogens (tertiary/aromatic N) is 3. The predicted molar refractivity (Wildman–Crippen MR) is 145 cm³/mol. The number of aromatic amines is 1. The molecule has 0 saturated carbocycles. The number of H-pyrrole nitrogens is 1. The first-order valence-electron chi connectivity index (χ1n) is 11.8. The zero-order chi connectivity index (χ0) is 31.3. The van der Waals surface area contributed by atoms with Crippen LogP contribution in [0.1, 0.15) is 16.7 Å². The second-order valence-corrected chi connectivity index (χ2v) is 14.8. The number of aryl methyl sites for hydroxylation is 1. The van der Waals surface area contributed by atoms with Gasteiger partial charge in [-0.3, -0.25) is 13.9 Å². The number of nitrogen functional groups attached to an aromatic ring is 1. The van der Waals surface area contributed by atoms with Crippen LogP contribution in [-0.2, 0) is 52.4 Å². The Morgan fingerprint density at radius 1 is 1.19 bits per heavy atom. The molecule has 0 bridgehead atoms. The lowest BCUT2D eigenvalue weighted by atomic mass is 10.1. The van der Waals surface area contributed by atoms with Crippen LogP contribution in [-0.4, -0.2) is 76.2 Å². The summed E-state index contributed by atoms with van der Waals surface area (Å²) in [7, 11) is -16.8. The third-order valence-electron chi connectivity index (χ3n) is 6.00. The van der Waals surface area contributed by atoms with Crippen molar-refractivity contribution in [1.29, 1.82) is 0 Å². The highest BCUT2D eigenvalue weighted by Gasteiger charge is 2.56. The molecule has 20 nitrogen and oxygen atoms in total. The molecule has 2 saturated heterocycles. The molecule has 25 heteroatoms. The molecule has 2 aliphatic heterocycles. The van der Waals surface area contributed by atoms with Crippen molar-refractivity contribution in [3.63, 3.8) is 0 Å². The Morgan fingerprint density at radius 3 is 2.58 bits per heavy atom. The average molecular weight is 704 g/mol. The van der Waals surface area contributed by atoms with Crippen LogP contribution in [0, 0.1) is 11.6 Å². The third kappa shape index (κ3) is 7.47. The lowest BCUT2D eigenvalue weighted by molar-refractivity contribution is -0.171. The summed E-state index contributed by atoms with van der Waals surface area (Å²) < 4.78 is 66.3. The van der Waals surface area contributed by atoms with Gasteiger partial charge in [0.15, 0.2) is 11.9 Å². The first kappa shape index (κ1) is 32.4. The molecule has 6 unspecified atom stereocenters. The number of amides is 1. The van der Waals surface area contributed by atoms with E-state index in [4.69, 9.17) is 46.5 Å². The van der Waals surface area contributed by atoms with E-state index >= 15 is 0 Å². The summed E-state index contributed by atoms with van der Waals surface area (Å²) in [5, 5.41) is 4.58. The van der Waals surface area contributed by atoms with E-state index in [9.17, 15) is 28.3 Å². The molecule has 3 aromatic heterocycles. The Morgan fingerprint density at radius 2 is 1.91 bits per heavy atom. The first-order valence-corrected chi connectivity index (χ1v) is 17.6. The van der Waals surface area contributed by atoms with E-state index in [1.807, 2.05) is 18.4 Å². The molecular weight excluding hydrogens is 681 g/mol. The Labute approximate surface area is 249 Å². The Balaban J connectivity index is 1.36. The third-order valence-corrected chi connectivity index (χ3v) is 11.1. The van der Waals surface area contributed by atoms with E-state index in [1.54, 1.807) is 0 Å². The van der Waals surface area contributed by atoms with Gasteiger partial charge in [-0.25, -0.2) is 18.7 Å². The van der Waals surface area contributed by atoms with E-state index in [-0.39, 0.29) is 28.3 Å². The van der Waals surface area contributed by atoms with Crippen molar-refractivity contribution < 1.29 is 65.4 Å². The van der Waals surface area contributed by atoms with Crippen molar-refractivity contribution >= 4 is 70.0 Å². The van der Waals surface area contributed by atoms with Gasteiger partial charge in [-0.05, 0) is 23.9 Å². The van der Waals surface area contributed by atoms with Gasteiger partial charge in [0.1, 0.15) is 28.5 Å². The number of rotatable bonds is 11. The highest BCUT2D eigenvalue weighted by molar-refractivity contribution is 7.71. The molecular formula is C18H23N6O14P3S2. The number of hydrogen-bond donors (Lipinski definition) is 7. The maximum absolute atomic E-state index is 12.9. The summed E-state index contributed by atoms with van der Waals surface area (Å²) in [6.07, 6.45) is -4.76. The average Bonchev–Trinajstić information content (AvgIpc) is 3.63. The molecule has 5 heterocycles. The molecule has 2 aliphatic rings. The molecule has 0 radical (unpaired) electrons. The topological polar surface area (TPSA) is 289 Å². The number of fused-ring (bicyclic) bond motifs is 2. The van der Waals surface area contributed by atoms with E-state index in [0.29, 0.717) is 0 Å². The highest BCUT2D eigenvalue weighted by atomic mass is 32.1. The van der Waals surface area contributed by atoms with Crippen LogP contribution >= 0.6 is 47.0 Å². The van der Waals surface area contributed by atoms with Crippen LogP contribution in [0.2, 0.25) is 0 Å². The van der Waals surface area contributed by atoms with Gasteiger partial charge in [0.2, 0.25) is 12.2 Å². The number of anilines is 1. The number of carbonyl (C=O) groups is 1. The van der Waals surface area contributed by atoms with Crippen molar-refractivity contribution in [2.24, 2.45) is 0 Å². The number of thiophene rings is 1. The molecule has 0 spiro atoms. The molecule has 1 amide bonds. The van der Waals surface area contributed by atoms with Gasteiger partial charge in [0.05, 0.1) is 19.5 Å². The van der Waals surface area contributed by atoms with Gasteiger partial charge in [-0.1, -0.05) is 12.2 Å². The Bertz CT molecular complexity index is 1740. The van der Waals surface area contributed by atoms with Crippen molar-refractivity contribution in [2.45, 2.75) is 44.3 Å². The first-order chi connectivity index (χ1) is 20.0. The zero-order valence-corrected chi connectivity index (χ0v) is 25.8. The van der Waals surface area contributed by atoms with Gasteiger partial charge in [-0.15, -0.1) is 11.3 Å². The van der Waals surface area contributed by atoms with E-state index in [1.165, 1.54) is 22.2 Å². The minimum absolute atomic E-state index is 0.0391. The summed E-state index contributed by atoms with van der Waals surface area (Å²) in [5.41, 5.74) is 7.20. The molecule has 236 valence electrons. The normalized spacial score (nSPS) is 26.7. The fourth-order valence-electron chi connectivity index (χ4n) is 4.25. The molecule has 3 aromatic rings. The number of aromatic nitrogens is 4. The van der Waals surface area contributed by atoms with Crippen LogP contribution in [0.15, 0.2) is 17.8 Å². The summed E-state index contributed by atoms with van der Waals surface area (Å²) in [4.78, 5) is 61.7. The number of phosphoric acid groups is 3. The number of phosphoric ester groups is 1. The van der Waals surface area contributed by atoms with Crippen LogP contribution < -0.4 is 11.1 Å². The number of ether oxygens (including phenoxy) is 3. The molecule has 0 aromatic carbocycles. The van der Waals surface area contributed by atoms with Crippen molar-refractivity contribution in [3.8, 4) is 0 Å². The summed E-state index contributed by atoms with van der Waals surface area (Å²) in [5.74, 6) is -0.671. The van der Waals surface area contributed by atoms with Crippen LogP contribution in [0.3, 0.4) is 0 Å². The standard InChI is InChI=1S/C18H23N6O14P3S2/c1-7-2-3-43-9(7)4-20-14(25)17-35-11-8(5-33-40(29,30)38-41(31,32)37-39(26,27)28)34-16(12(11)36-17)24-6-21-10-13(24)22-18(19)23-15(10)42/h2-3,6,8,11-12,16-17H,4-5H2,1H3,(H,20,25)(H,29,30)(H,31,32)(H2,26,27,28)(H3,19,22,23,42)/t8?,11?,12?,16?,17-/m1/s1. The van der Waals surface area contributed by atoms with Gasteiger partial charge in [0, 0.05) is 4.88 Å². The number of imidazole rings is 1. The van der Waals surface area contributed by atoms with E-state index in [2.05, 4.69) is 28.9 Å². The minimum Gasteiger partial charge on any atom is -0.369 e. The molecule has 7 atom stereocenters. The van der Waals surface area contributed by atoms with Gasteiger partial charge in [0.25, 0.3) is 5.91 Å². The summed E-state index contributed by atoms with van der Waals surface area (Å²) in [6, 6.07) is 1.89. The van der Waals surface area contributed by atoms with E-state index < -0.39 is 66.8 Å². The lowest BCUT2D eigenvalue weighted by Crippen LogP contribution is -2.37. The highest BCUT2D eigenvalue weighted by Crippen LogP contribution is 2.66. The summed E-state index contributed by atoms with van der Waals surface area (Å²) >= 11 is 6.68. The Kier molecular flexibility index (Phi) is 9.11. The monoisotopic (exact) mass is 704 g/mol. The fraction of sp³-hybridized carbons (Fsp3) is 0.444. The predicted octanol–water partition coefficient (Wildman–Crippen LogP) is 1.11. The molecule has 2 fully saturated rings. The lowest BCUT2D eigenvalue weighted by Gasteiger charge is -2.22. The van der Waals surface area contributed by atoms with E-state index in [0.717, 1.165) is 10.4 Å². The number of carbonyl (C=O) groups excluding carboxylic acids is 1. The van der Waals surface area contributed by atoms with Crippen LogP contribution in [0.25, 0.3) is 11.2 Å². The molecule has 8 N–H and O–H groups in total. The molecule has 43 heavy (non-hydrogen) atoms. The molecule has 0 aliphatic carbocycles. The van der Waals surface area contributed by atoms with Crippen molar-refractivity contribution in [2.75, 3.05) is 12.3 Å². The SMILES string of the molecule is Cc1ccsc1CNC(=O)[C@@H]1OC2C(COP(=O)(O)OP(=O)(O)OP(=O)(O)O)OC(n3cnc4c(=S)[nH]c(N)nc43)C2O1. The largest absolute Gasteiger partial charge is 0.490 e. The van der Waals surface area contributed by atoms with Crippen LogP contribution in [0.5, 0.6) is 0 Å². The van der Waals surface area contributed by atoms with Gasteiger partial charge >= 0.3 is 23.5 Å². The number of nitrogens with one attached hydrogen (secondary N) is 2. The van der Waals surface area contributed by atoms with Crippen molar-refractivity contribution in [1.82, 2.24) is 24.8 Å². The van der Waals surface area contributed by atoms with Crippen molar-refractivity contribution in [3.05, 3.63) is 32.9 Å². The molecule has 5 rings (SSSR count). The number of hydrogen-bond acceptors (Lipinski definition) is 15. The second-order valence-electron chi connectivity index (χ2n) is 9.00. The zero-order valence-electron chi connectivity index (χ0n) is 21.5. The Hall–Kier alpha value is -1.97. The minimum atomic E-state index is -5.76.